The lowest BCUT2D eigenvalue weighted by atomic mass is 9.77. The van der Waals surface area contributed by atoms with Gasteiger partial charge in [-0.3, -0.25) is 9.59 Å². The largest absolute Gasteiger partial charge is 0.493 e. The van der Waals surface area contributed by atoms with E-state index >= 15 is 0 Å². The van der Waals surface area contributed by atoms with Crippen LogP contribution in [0.3, 0.4) is 0 Å². The fraction of sp³-hybridized carbons (Fsp3) is 0.333. The predicted octanol–water partition coefficient (Wildman–Crippen LogP) is 2.63. The minimum atomic E-state index is -0.525. The smallest absolute Gasteiger partial charge is 0.310 e. The summed E-state index contributed by atoms with van der Waals surface area (Å²) in [6.45, 7) is 0.206. The summed E-state index contributed by atoms with van der Waals surface area (Å²) >= 11 is 0. The van der Waals surface area contributed by atoms with Crippen LogP contribution >= 0.6 is 0 Å². The molecular formula is C21H18O7. The maximum absolute atomic E-state index is 13.3. The molecule has 5 rings (SSSR count). The fourth-order valence-corrected chi connectivity index (χ4v) is 4.19. The summed E-state index contributed by atoms with van der Waals surface area (Å²) in [5.74, 6) is 0.713. The van der Waals surface area contributed by atoms with Crippen molar-refractivity contribution < 1.29 is 33.3 Å². The quantitative estimate of drug-likeness (QED) is 0.739. The fourth-order valence-electron chi connectivity index (χ4n) is 4.19. The third-order valence-electron chi connectivity index (χ3n) is 5.65. The van der Waals surface area contributed by atoms with Gasteiger partial charge in [-0.05, 0) is 47.4 Å². The van der Waals surface area contributed by atoms with Gasteiger partial charge in [0, 0.05) is 5.56 Å². The first kappa shape index (κ1) is 16.9. The second kappa shape index (κ2) is 6.15. The van der Waals surface area contributed by atoms with Gasteiger partial charge in [0.25, 0.3) is 0 Å². The van der Waals surface area contributed by atoms with Crippen molar-refractivity contribution >= 4 is 11.8 Å². The maximum atomic E-state index is 13.3. The van der Waals surface area contributed by atoms with Crippen LogP contribution in [0.25, 0.3) is 11.1 Å². The molecular weight excluding hydrogens is 364 g/mol. The third kappa shape index (κ3) is 2.35. The van der Waals surface area contributed by atoms with Crippen LogP contribution in [0.15, 0.2) is 24.3 Å². The van der Waals surface area contributed by atoms with Gasteiger partial charge in [0.15, 0.2) is 28.8 Å². The molecule has 1 fully saturated rings. The Bertz CT molecular complexity index is 1010. The Morgan fingerprint density at radius 1 is 0.821 bits per heavy atom. The number of Topliss-reactive ketones (excluding diaryl/α,β-unsaturated/α-hetero) is 1. The van der Waals surface area contributed by atoms with E-state index in [1.807, 2.05) is 18.2 Å². The van der Waals surface area contributed by atoms with E-state index in [1.165, 1.54) is 0 Å². The molecule has 0 unspecified atom stereocenters. The van der Waals surface area contributed by atoms with Crippen LogP contribution in [0.1, 0.15) is 15.9 Å². The molecule has 0 amide bonds. The summed E-state index contributed by atoms with van der Waals surface area (Å²) in [5, 5.41) is 0. The van der Waals surface area contributed by atoms with Crippen LogP contribution in [0, 0.1) is 11.8 Å². The number of carbonyl (C=O) groups excluding carboxylic acids is 2. The molecule has 2 heterocycles. The molecule has 0 spiro atoms. The Balaban J connectivity index is 1.80. The molecule has 3 aliphatic rings. The summed E-state index contributed by atoms with van der Waals surface area (Å²) in [6.07, 6.45) is 0.388. The van der Waals surface area contributed by atoms with Crippen molar-refractivity contribution in [3.8, 4) is 34.1 Å². The van der Waals surface area contributed by atoms with Crippen LogP contribution in [-0.4, -0.2) is 39.4 Å². The molecule has 0 saturated carbocycles. The number of ether oxygens (including phenoxy) is 5. The lowest BCUT2D eigenvalue weighted by Gasteiger charge is -2.24. The van der Waals surface area contributed by atoms with Gasteiger partial charge in [0.1, 0.15) is 6.61 Å². The maximum Gasteiger partial charge on any atom is 0.310 e. The number of esters is 1. The number of fused-ring (bicyclic) bond motifs is 5. The molecule has 2 aliphatic heterocycles. The molecule has 28 heavy (non-hydrogen) atoms. The first-order chi connectivity index (χ1) is 13.6. The molecule has 0 N–H and O–H groups in total. The van der Waals surface area contributed by atoms with Gasteiger partial charge < -0.3 is 23.7 Å². The Hall–Kier alpha value is -3.22. The molecule has 144 valence electrons. The lowest BCUT2D eigenvalue weighted by molar-refractivity contribution is -0.141. The van der Waals surface area contributed by atoms with Crippen molar-refractivity contribution in [2.75, 3.05) is 27.6 Å². The highest BCUT2D eigenvalue weighted by Crippen LogP contribution is 2.46. The summed E-state index contributed by atoms with van der Waals surface area (Å²) in [5.41, 5.74) is 2.91. The van der Waals surface area contributed by atoms with Crippen molar-refractivity contribution in [2.24, 2.45) is 11.8 Å². The Morgan fingerprint density at radius 2 is 1.50 bits per heavy atom. The number of carbonyl (C=O) groups is 2. The monoisotopic (exact) mass is 382 g/mol. The highest BCUT2D eigenvalue weighted by Gasteiger charge is 2.44. The predicted molar refractivity (Wildman–Crippen MR) is 97.1 cm³/mol. The zero-order valence-electron chi connectivity index (χ0n) is 15.4. The average Bonchev–Trinajstić information content (AvgIpc) is 3.31. The molecule has 1 saturated heterocycles. The zero-order valence-corrected chi connectivity index (χ0v) is 15.4. The van der Waals surface area contributed by atoms with Crippen LogP contribution in [-0.2, 0) is 16.0 Å². The van der Waals surface area contributed by atoms with E-state index in [0.29, 0.717) is 35.0 Å². The molecule has 0 bridgehead atoms. The number of hydrogen-bond donors (Lipinski definition) is 0. The van der Waals surface area contributed by atoms with Crippen LogP contribution in [0.4, 0.5) is 0 Å². The average molecular weight is 382 g/mol. The van der Waals surface area contributed by atoms with E-state index < -0.39 is 11.8 Å². The Labute approximate surface area is 161 Å². The molecule has 1 aliphatic carbocycles. The van der Waals surface area contributed by atoms with E-state index in [2.05, 4.69) is 0 Å². The number of cyclic esters (lactones) is 1. The highest BCUT2D eigenvalue weighted by molar-refractivity contribution is 6.07. The lowest BCUT2D eigenvalue weighted by Crippen LogP contribution is -2.28. The van der Waals surface area contributed by atoms with Gasteiger partial charge in [0.05, 0.1) is 26.1 Å². The van der Waals surface area contributed by atoms with Crippen molar-refractivity contribution in [1.82, 2.24) is 0 Å². The van der Waals surface area contributed by atoms with E-state index in [4.69, 9.17) is 23.7 Å². The van der Waals surface area contributed by atoms with Gasteiger partial charge >= 0.3 is 5.97 Å². The first-order valence-electron chi connectivity index (χ1n) is 9.00. The van der Waals surface area contributed by atoms with Crippen LogP contribution < -0.4 is 18.9 Å². The molecule has 2 aromatic rings. The zero-order chi connectivity index (χ0) is 19.4. The molecule has 2 atom stereocenters. The summed E-state index contributed by atoms with van der Waals surface area (Å²) in [6, 6.07) is 7.22. The minimum absolute atomic E-state index is 0.0961. The van der Waals surface area contributed by atoms with E-state index in [0.717, 1.165) is 16.7 Å². The summed E-state index contributed by atoms with van der Waals surface area (Å²) in [4.78, 5) is 25.6. The van der Waals surface area contributed by atoms with Crippen LogP contribution in [0.5, 0.6) is 23.0 Å². The minimum Gasteiger partial charge on any atom is -0.493 e. The molecule has 7 heteroatoms. The van der Waals surface area contributed by atoms with Gasteiger partial charge in [-0.2, -0.15) is 0 Å². The van der Waals surface area contributed by atoms with E-state index in [9.17, 15) is 9.59 Å². The van der Waals surface area contributed by atoms with Gasteiger partial charge in [-0.25, -0.2) is 0 Å². The standard InChI is InChI=1S/C21H18O7/c1-24-16-4-10-3-14-15(8-26-21(14)23)20(22)13-7-19-18(27-9-28-19)6-12(13)11(10)5-17(16)25-2/h4-7,14-15H,3,8-9H2,1-2H3/t14-,15+/m1/s1. The Kier molecular flexibility index (Phi) is 3.72. The van der Waals surface area contributed by atoms with Crippen LogP contribution in [0.2, 0.25) is 0 Å². The van der Waals surface area contributed by atoms with Crippen molar-refractivity contribution in [3.63, 3.8) is 0 Å². The second-order valence-corrected chi connectivity index (χ2v) is 7.03. The number of hydrogen-bond acceptors (Lipinski definition) is 7. The third-order valence-corrected chi connectivity index (χ3v) is 5.65. The van der Waals surface area contributed by atoms with Crippen molar-refractivity contribution in [2.45, 2.75) is 6.42 Å². The number of rotatable bonds is 2. The van der Waals surface area contributed by atoms with Gasteiger partial charge in [0.2, 0.25) is 6.79 Å². The second-order valence-electron chi connectivity index (χ2n) is 7.03. The normalized spacial score (nSPS) is 21.8. The molecule has 2 aromatic carbocycles. The van der Waals surface area contributed by atoms with E-state index in [1.54, 1.807) is 20.3 Å². The van der Waals surface area contributed by atoms with Gasteiger partial charge in [-0.1, -0.05) is 0 Å². The Morgan fingerprint density at radius 3 is 2.21 bits per heavy atom. The number of benzene rings is 2. The van der Waals surface area contributed by atoms with Gasteiger partial charge in [-0.15, -0.1) is 0 Å². The van der Waals surface area contributed by atoms with Crippen molar-refractivity contribution in [1.29, 1.82) is 0 Å². The highest BCUT2D eigenvalue weighted by atomic mass is 16.7. The molecule has 0 radical (unpaired) electrons. The molecule has 0 aromatic heterocycles. The summed E-state index contributed by atoms with van der Waals surface area (Å²) < 4.78 is 27.1. The first-order valence-corrected chi connectivity index (χ1v) is 9.00. The van der Waals surface area contributed by atoms with E-state index in [-0.39, 0.29) is 25.2 Å². The molecule has 7 nitrogen and oxygen atoms in total. The number of methoxy groups -OCH3 is 2. The number of ketones is 1. The summed E-state index contributed by atoms with van der Waals surface area (Å²) in [7, 11) is 3.12. The SMILES string of the molecule is COc1cc2c(cc1OC)-c1cc3c(cc1C(=O)[C@H]1COC(=O)[C@@H]1C2)OCO3. The van der Waals surface area contributed by atoms with Crippen molar-refractivity contribution in [3.05, 3.63) is 35.4 Å². The topological polar surface area (TPSA) is 80.3 Å².